The number of thiazole rings is 1. The standard InChI is InChI=1S/C11H12N2S2/c1-14-8-4-2-5-9-10(8)12-11(15-9)13-6-3-7-13/h2,4-5H,3,6-7H2,1H3. The Bertz CT molecular complexity index is 488. The Balaban J connectivity index is 2.12. The molecule has 2 aromatic rings. The summed E-state index contributed by atoms with van der Waals surface area (Å²) in [5.74, 6) is 0. The Hall–Kier alpha value is -0.740. The van der Waals surface area contributed by atoms with Crippen LogP contribution in [0.5, 0.6) is 0 Å². The molecular weight excluding hydrogens is 224 g/mol. The predicted octanol–water partition coefficient (Wildman–Crippen LogP) is 3.23. The number of thioether (sulfide) groups is 1. The van der Waals surface area contributed by atoms with Gasteiger partial charge in [0.15, 0.2) is 5.13 Å². The lowest BCUT2D eigenvalue weighted by Gasteiger charge is -2.30. The van der Waals surface area contributed by atoms with Crippen molar-refractivity contribution in [3.05, 3.63) is 18.2 Å². The summed E-state index contributed by atoms with van der Waals surface area (Å²) >= 11 is 3.59. The number of para-hydroxylation sites is 1. The van der Waals surface area contributed by atoms with Gasteiger partial charge < -0.3 is 4.90 Å². The van der Waals surface area contributed by atoms with Crippen molar-refractivity contribution in [2.24, 2.45) is 0 Å². The van der Waals surface area contributed by atoms with Gasteiger partial charge >= 0.3 is 0 Å². The van der Waals surface area contributed by atoms with Gasteiger partial charge in [0.1, 0.15) is 0 Å². The number of aromatic nitrogens is 1. The van der Waals surface area contributed by atoms with Crippen LogP contribution in [0.3, 0.4) is 0 Å². The van der Waals surface area contributed by atoms with Crippen molar-refractivity contribution in [3.63, 3.8) is 0 Å². The van der Waals surface area contributed by atoms with Crippen LogP contribution in [-0.2, 0) is 0 Å². The molecule has 78 valence electrons. The van der Waals surface area contributed by atoms with Crippen molar-refractivity contribution in [1.82, 2.24) is 4.98 Å². The lowest BCUT2D eigenvalue weighted by atomic mass is 10.2. The highest BCUT2D eigenvalue weighted by Gasteiger charge is 2.18. The molecule has 15 heavy (non-hydrogen) atoms. The molecule has 0 N–H and O–H groups in total. The van der Waals surface area contributed by atoms with Gasteiger partial charge in [-0.25, -0.2) is 4.98 Å². The van der Waals surface area contributed by atoms with Crippen LogP contribution in [0.15, 0.2) is 23.1 Å². The van der Waals surface area contributed by atoms with E-state index in [1.165, 1.54) is 39.8 Å². The van der Waals surface area contributed by atoms with Crippen molar-refractivity contribution in [3.8, 4) is 0 Å². The highest BCUT2D eigenvalue weighted by Crippen LogP contribution is 2.35. The van der Waals surface area contributed by atoms with E-state index in [1.54, 1.807) is 11.8 Å². The van der Waals surface area contributed by atoms with Gasteiger partial charge in [-0.2, -0.15) is 0 Å². The molecule has 0 bridgehead atoms. The molecule has 1 saturated heterocycles. The first-order valence-corrected chi connectivity index (χ1v) is 7.11. The largest absolute Gasteiger partial charge is 0.348 e. The fourth-order valence-electron chi connectivity index (χ4n) is 1.72. The van der Waals surface area contributed by atoms with Crippen LogP contribution < -0.4 is 4.90 Å². The second kappa shape index (κ2) is 3.68. The third-order valence-electron chi connectivity index (χ3n) is 2.72. The molecule has 3 rings (SSSR count). The van der Waals surface area contributed by atoms with Crippen LogP contribution in [0.2, 0.25) is 0 Å². The number of hydrogen-bond acceptors (Lipinski definition) is 4. The van der Waals surface area contributed by atoms with Gasteiger partial charge in [0.25, 0.3) is 0 Å². The van der Waals surface area contributed by atoms with Crippen LogP contribution >= 0.6 is 23.1 Å². The van der Waals surface area contributed by atoms with Crippen molar-refractivity contribution in [2.45, 2.75) is 11.3 Å². The zero-order chi connectivity index (χ0) is 10.3. The van der Waals surface area contributed by atoms with Crippen LogP contribution in [-0.4, -0.2) is 24.3 Å². The summed E-state index contributed by atoms with van der Waals surface area (Å²) in [5.41, 5.74) is 1.18. The first-order valence-electron chi connectivity index (χ1n) is 5.07. The zero-order valence-corrected chi connectivity index (χ0v) is 10.2. The number of fused-ring (bicyclic) bond motifs is 1. The van der Waals surface area contributed by atoms with Crippen molar-refractivity contribution < 1.29 is 0 Å². The molecule has 1 aliphatic heterocycles. The highest BCUT2D eigenvalue weighted by molar-refractivity contribution is 7.98. The second-order valence-corrected chi connectivity index (χ2v) is 5.50. The Morgan fingerprint density at radius 3 is 2.93 bits per heavy atom. The van der Waals surface area contributed by atoms with Crippen molar-refractivity contribution >= 4 is 38.4 Å². The fourth-order valence-corrected chi connectivity index (χ4v) is 3.39. The summed E-state index contributed by atoms with van der Waals surface area (Å²) < 4.78 is 1.31. The molecule has 1 aliphatic rings. The van der Waals surface area contributed by atoms with Gasteiger partial charge in [-0.15, -0.1) is 11.8 Å². The molecule has 0 aliphatic carbocycles. The Morgan fingerprint density at radius 1 is 1.40 bits per heavy atom. The van der Waals surface area contributed by atoms with Gasteiger partial charge in [-0.05, 0) is 24.8 Å². The molecule has 2 nitrogen and oxygen atoms in total. The van der Waals surface area contributed by atoms with Crippen LogP contribution in [0.1, 0.15) is 6.42 Å². The molecule has 0 spiro atoms. The van der Waals surface area contributed by atoms with Crippen LogP contribution in [0.4, 0.5) is 5.13 Å². The number of anilines is 1. The van der Waals surface area contributed by atoms with E-state index in [9.17, 15) is 0 Å². The lowest BCUT2D eigenvalue weighted by molar-refractivity contribution is 0.616. The topological polar surface area (TPSA) is 16.1 Å². The van der Waals surface area contributed by atoms with E-state index < -0.39 is 0 Å². The Morgan fingerprint density at radius 2 is 2.27 bits per heavy atom. The Labute approximate surface area is 97.3 Å². The maximum atomic E-state index is 4.73. The highest BCUT2D eigenvalue weighted by atomic mass is 32.2. The van der Waals surface area contributed by atoms with Crippen molar-refractivity contribution in [2.75, 3.05) is 24.2 Å². The molecule has 1 aromatic carbocycles. The summed E-state index contributed by atoms with van der Waals surface area (Å²) in [6.45, 7) is 2.35. The maximum Gasteiger partial charge on any atom is 0.186 e. The van der Waals surface area contributed by atoms with Crippen LogP contribution in [0, 0.1) is 0 Å². The average molecular weight is 236 g/mol. The van der Waals surface area contributed by atoms with Gasteiger partial charge in [0.05, 0.1) is 10.2 Å². The van der Waals surface area contributed by atoms with Gasteiger partial charge in [0.2, 0.25) is 0 Å². The molecule has 0 atom stereocenters. The summed E-state index contributed by atoms with van der Waals surface area (Å²) in [4.78, 5) is 8.37. The predicted molar refractivity (Wildman–Crippen MR) is 68.2 cm³/mol. The summed E-state index contributed by atoms with van der Waals surface area (Å²) in [6.07, 6.45) is 3.42. The van der Waals surface area contributed by atoms with E-state index in [0.29, 0.717) is 0 Å². The molecule has 1 aromatic heterocycles. The monoisotopic (exact) mass is 236 g/mol. The SMILES string of the molecule is CSc1cccc2sc(N3CCC3)nc12. The number of hydrogen-bond donors (Lipinski definition) is 0. The molecule has 0 saturated carbocycles. The fraction of sp³-hybridized carbons (Fsp3) is 0.364. The third-order valence-corrected chi connectivity index (χ3v) is 4.57. The van der Waals surface area contributed by atoms with E-state index in [1.807, 2.05) is 11.3 Å². The third kappa shape index (κ3) is 1.52. The maximum absolute atomic E-state index is 4.73. The molecule has 1 fully saturated rings. The van der Waals surface area contributed by atoms with E-state index in [2.05, 4.69) is 29.4 Å². The number of benzene rings is 1. The second-order valence-electron chi connectivity index (χ2n) is 3.64. The normalized spacial score (nSPS) is 15.7. The number of rotatable bonds is 2. The summed E-state index contributed by atoms with van der Waals surface area (Å²) in [7, 11) is 0. The van der Waals surface area contributed by atoms with Crippen molar-refractivity contribution in [1.29, 1.82) is 0 Å². The summed E-state index contributed by atoms with van der Waals surface area (Å²) in [5, 5.41) is 1.19. The summed E-state index contributed by atoms with van der Waals surface area (Å²) in [6, 6.07) is 6.43. The van der Waals surface area contributed by atoms with E-state index >= 15 is 0 Å². The zero-order valence-electron chi connectivity index (χ0n) is 8.56. The quantitative estimate of drug-likeness (QED) is 0.745. The molecule has 2 heterocycles. The Kier molecular flexibility index (Phi) is 2.33. The smallest absolute Gasteiger partial charge is 0.186 e. The molecule has 4 heteroatoms. The molecule has 0 radical (unpaired) electrons. The van der Waals surface area contributed by atoms with Gasteiger partial charge in [0, 0.05) is 18.0 Å². The average Bonchev–Trinajstić information content (AvgIpc) is 2.57. The van der Waals surface area contributed by atoms with Crippen LogP contribution in [0.25, 0.3) is 10.2 Å². The minimum atomic E-state index is 1.18. The molecular formula is C11H12N2S2. The first kappa shape index (κ1) is 9.48. The van der Waals surface area contributed by atoms with Gasteiger partial charge in [-0.1, -0.05) is 17.4 Å². The van der Waals surface area contributed by atoms with Gasteiger partial charge in [-0.3, -0.25) is 0 Å². The minimum Gasteiger partial charge on any atom is -0.348 e. The number of nitrogens with zero attached hydrogens (tertiary/aromatic N) is 2. The van der Waals surface area contributed by atoms with E-state index in [0.717, 1.165) is 0 Å². The molecule has 0 amide bonds. The minimum absolute atomic E-state index is 1.18. The molecule has 0 unspecified atom stereocenters. The first-order chi connectivity index (χ1) is 7.38. The lowest BCUT2D eigenvalue weighted by Crippen LogP contribution is -2.36. The van der Waals surface area contributed by atoms with E-state index in [-0.39, 0.29) is 0 Å². The van der Waals surface area contributed by atoms with E-state index in [4.69, 9.17) is 4.98 Å².